The highest BCUT2D eigenvalue weighted by atomic mass is 79.9. The molecule has 1 aromatic rings. The van der Waals surface area contributed by atoms with Gasteiger partial charge in [0.2, 0.25) is 0 Å². The molecule has 17 heavy (non-hydrogen) atoms. The Labute approximate surface area is 120 Å². The second kappa shape index (κ2) is 4.37. The number of aliphatic imine (C=N–C) groups is 2. The summed E-state index contributed by atoms with van der Waals surface area (Å²) in [5.41, 5.74) is 5.98. The molecule has 3 heterocycles. The summed E-state index contributed by atoms with van der Waals surface area (Å²) in [6, 6.07) is 2.12. The maximum absolute atomic E-state index is 5.98. The van der Waals surface area contributed by atoms with Crippen LogP contribution in [0.4, 0.5) is 0 Å². The van der Waals surface area contributed by atoms with E-state index in [4.69, 9.17) is 5.73 Å². The van der Waals surface area contributed by atoms with Gasteiger partial charge in [-0.05, 0) is 22.0 Å². The lowest BCUT2D eigenvalue weighted by Crippen LogP contribution is -2.48. The van der Waals surface area contributed by atoms with Crippen LogP contribution in [0.15, 0.2) is 25.9 Å². The first kappa shape index (κ1) is 11.7. The number of amidine groups is 1. The normalized spacial score (nSPS) is 27.8. The second-order valence-corrected chi connectivity index (χ2v) is 6.74. The summed E-state index contributed by atoms with van der Waals surface area (Å²) >= 11 is 8.84. The van der Waals surface area contributed by atoms with E-state index < -0.39 is 0 Å². The molecule has 2 N–H and O–H groups in total. The Balaban J connectivity index is 2.01. The maximum atomic E-state index is 5.98. The maximum Gasteiger partial charge on any atom is 0.197 e. The molecule has 90 valence electrons. The molecule has 0 bridgehead atoms. The molecule has 0 saturated heterocycles. The highest BCUT2D eigenvalue weighted by molar-refractivity contribution is 9.10. The summed E-state index contributed by atoms with van der Waals surface area (Å²) in [6.45, 7) is 1.64. The minimum Gasteiger partial charge on any atom is -0.369 e. The van der Waals surface area contributed by atoms with Gasteiger partial charge < -0.3 is 5.73 Å². The van der Waals surface area contributed by atoms with Gasteiger partial charge in [-0.3, -0.25) is 9.89 Å². The lowest BCUT2D eigenvalue weighted by Gasteiger charge is -2.31. The van der Waals surface area contributed by atoms with Gasteiger partial charge in [0, 0.05) is 21.3 Å². The molecule has 1 aromatic heterocycles. The third kappa shape index (κ3) is 1.94. The second-order valence-electron chi connectivity index (χ2n) is 3.89. The average Bonchev–Trinajstić information content (AvgIpc) is 2.91. The van der Waals surface area contributed by atoms with Crippen molar-refractivity contribution in [3.05, 3.63) is 20.8 Å². The quantitative estimate of drug-likeness (QED) is 0.763. The summed E-state index contributed by atoms with van der Waals surface area (Å²) in [5.74, 6) is 1.58. The lowest BCUT2D eigenvalue weighted by molar-refractivity contribution is 0.592. The summed E-state index contributed by atoms with van der Waals surface area (Å²) < 4.78 is 1.08. The molecule has 0 fully saturated rings. The summed E-state index contributed by atoms with van der Waals surface area (Å²) in [5, 5.41) is 2.06. The van der Waals surface area contributed by atoms with E-state index in [0.29, 0.717) is 5.96 Å². The van der Waals surface area contributed by atoms with Gasteiger partial charge in [0.15, 0.2) is 5.96 Å². The number of alkyl halides is 1. The Morgan fingerprint density at radius 2 is 2.35 bits per heavy atom. The Morgan fingerprint density at radius 1 is 1.53 bits per heavy atom. The minimum absolute atomic E-state index is 0.0272. The van der Waals surface area contributed by atoms with E-state index in [-0.39, 0.29) is 10.9 Å². The Bertz CT molecular complexity index is 510. The van der Waals surface area contributed by atoms with Crippen LogP contribution in [0.2, 0.25) is 0 Å². The molecule has 7 heteroatoms. The van der Waals surface area contributed by atoms with Crippen LogP contribution in [-0.2, 0) is 0 Å². The Morgan fingerprint density at radius 3 is 3.06 bits per heavy atom. The molecule has 0 aliphatic carbocycles. The molecule has 3 rings (SSSR count). The molecule has 4 nitrogen and oxygen atoms in total. The number of thiophene rings is 1. The molecule has 2 aliphatic heterocycles. The van der Waals surface area contributed by atoms with Crippen LogP contribution in [0, 0.1) is 0 Å². The zero-order chi connectivity index (χ0) is 12.0. The number of hydrogen-bond acceptors (Lipinski definition) is 5. The summed E-state index contributed by atoms with van der Waals surface area (Å²) in [4.78, 5) is 12.4. The van der Waals surface area contributed by atoms with Crippen molar-refractivity contribution in [2.45, 2.75) is 10.9 Å². The van der Waals surface area contributed by atoms with Gasteiger partial charge >= 0.3 is 0 Å². The first-order valence-electron chi connectivity index (χ1n) is 5.20. The molecular weight excluding hydrogens is 368 g/mol. The lowest BCUT2D eigenvalue weighted by atomic mass is 10.1. The van der Waals surface area contributed by atoms with E-state index in [9.17, 15) is 0 Å². The van der Waals surface area contributed by atoms with Gasteiger partial charge in [-0.25, -0.2) is 4.99 Å². The fourth-order valence-corrected chi connectivity index (χ4v) is 4.53. The van der Waals surface area contributed by atoms with Crippen LogP contribution in [0.5, 0.6) is 0 Å². The zero-order valence-corrected chi connectivity index (χ0v) is 12.8. The molecule has 0 radical (unpaired) electrons. The van der Waals surface area contributed by atoms with E-state index in [1.807, 2.05) is 4.90 Å². The molecule has 0 aromatic carbocycles. The average molecular weight is 378 g/mol. The van der Waals surface area contributed by atoms with Crippen LogP contribution in [0.3, 0.4) is 0 Å². The molecule has 2 atom stereocenters. The van der Waals surface area contributed by atoms with Crippen molar-refractivity contribution in [1.82, 2.24) is 4.90 Å². The molecule has 0 spiro atoms. The topological polar surface area (TPSA) is 54.0 Å². The standard InChI is InChI=1S/C10H10Br2N4S/c11-5-3-6(17-4-5)8-7(12)9-14-1-2-16(9)10(13)15-8/h3-4,7-8H,1-2H2,(H2,13,15). The van der Waals surface area contributed by atoms with Crippen molar-refractivity contribution in [3.63, 3.8) is 0 Å². The van der Waals surface area contributed by atoms with Crippen molar-refractivity contribution in [2.75, 3.05) is 13.1 Å². The van der Waals surface area contributed by atoms with Gasteiger partial charge in [-0.1, -0.05) is 15.9 Å². The zero-order valence-electron chi connectivity index (χ0n) is 8.81. The minimum atomic E-state index is 0.0272. The van der Waals surface area contributed by atoms with E-state index in [0.717, 1.165) is 23.4 Å². The summed E-state index contributed by atoms with van der Waals surface area (Å²) in [7, 11) is 0. The number of guanidine groups is 1. The third-order valence-corrected chi connectivity index (χ3v) is 5.50. The van der Waals surface area contributed by atoms with Crippen molar-refractivity contribution in [3.8, 4) is 0 Å². The first-order valence-corrected chi connectivity index (χ1v) is 7.79. The van der Waals surface area contributed by atoms with Crippen LogP contribution in [-0.4, -0.2) is 34.6 Å². The molecule has 2 aliphatic rings. The number of nitrogens with zero attached hydrogens (tertiary/aromatic N) is 3. The predicted molar refractivity (Wildman–Crippen MR) is 78.1 cm³/mol. The number of halogens is 2. The van der Waals surface area contributed by atoms with Crippen LogP contribution in [0.1, 0.15) is 10.9 Å². The van der Waals surface area contributed by atoms with E-state index >= 15 is 0 Å². The Hall–Kier alpha value is -0.400. The number of nitrogens with two attached hydrogens (primary N) is 1. The number of hydrogen-bond donors (Lipinski definition) is 1. The van der Waals surface area contributed by atoms with Gasteiger partial charge in [0.1, 0.15) is 11.9 Å². The highest BCUT2D eigenvalue weighted by Gasteiger charge is 2.37. The molecular formula is C10H10Br2N4S. The van der Waals surface area contributed by atoms with Crippen LogP contribution in [0.25, 0.3) is 0 Å². The molecule has 0 amide bonds. The van der Waals surface area contributed by atoms with Gasteiger partial charge in [0.05, 0.1) is 11.4 Å². The molecule has 0 saturated carbocycles. The van der Waals surface area contributed by atoms with Crippen molar-refractivity contribution in [1.29, 1.82) is 0 Å². The fourth-order valence-electron chi connectivity index (χ4n) is 2.04. The number of rotatable bonds is 1. The van der Waals surface area contributed by atoms with Gasteiger partial charge in [-0.2, -0.15) is 0 Å². The monoisotopic (exact) mass is 376 g/mol. The Kier molecular flexibility index (Phi) is 3.00. The fraction of sp³-hybridized carbons (Fsp3) is 0.400. The van der Waals surface area contributed by atoms with E-state index in [1.165, 1.54) is 4.88 Å². The predicted octanol–water partition coefficient (Wildman–Crippen LogP) is 2.36. The molecule has 2 unspecified atom stereocenters. The third-order valence-electron chi connectivity index (χ3n) is 2.82. The summed E-state index contributed by atoms with van der Waals surface area (Å²) in [6.07, 6.45) is 0. The van der Waals surface area contributed by atoms with Gasteiger partial charge in [0.25, 0.3) is 0 Å². The number of fused-ring (bicyclic) bond motifs is 1. The van der Waals surface area contributed by atoms with E-state index in [2.05, 4.69) is 53.3 Å². The highest BCUT2D eigenvalue weighted by Crippen LogP contribution is 2.37. The van der Waals surface area contributed by atoms with Crippen molar-refractivity contribution < 1.29 is 0 Å². The van der Waals surface area contributed by atoms with Crippen LogP contribution >= 0.6 is 43.2 Å². The van der Waals surface area contributed by atoms with Crippen LogP contribution < -0.4 is 5.73 Å². The van der Waals surface area contributed by atoms with E-state index in [1.54, 1.807) is 11.3 Å². The van der Waals surface area contributed by atoms with Crippen molar-refractivity contribution in [2.24, 2.45) is 15.7 Å². The largest absolute Gasteiger partial charge is 0.369 e. The van der Waals surface area contributed by atoms with Crippen molar-refractivity contribution >= 4 is 55.0 Å². The first-order chi connectivity index (χ1) is 8.16. The smallest absolute Gasteiger partial charge is 0.197 e. The van der Waals surface area contributed by atoms with Gasteiger partial charge in [-0.15, -0.1) is 11.3 Å². The SMILES string of the molecule is NC1=NC(c2cc(Br)cs2)C(Br)C2=NCCN12.